The maximum atomic E-state index is 11.7. The van der Waals surface area contributed by atoms with E-state index in [1.165, 1.54) is 13.2 Å². The Morgan fingerprint density at radius 1 is 1.18 bits per heavy atom. The number of hydrogen-bond acceptors (Lipinski definition) is 5. The summed E-state index contributed by atoms with van der Waals surface area (Å²) in [7, 11) is -1.92. The first-order valence-electron chi connectivity index (χ1n) is 6.62. The van der Waals surface area contributed by atoms with Crippen LogP contribution in [-0.2, 0) is 22.3 Å². The largest absolute Gasteiger partial charge is 0.366 e. The van der Waals surface area contributed by atoms with E-state index in [9.17, 15) is 8.42 Å². The van der Waals surface area contributed by atoms with E-state index in [0.717, 1.165) is 11.1 Å². The van der Waals surface area contributed by atoms with Gasteiger partial charge in [-0.25, -0.2) is 18.1 Å². The van der Waals surface area contributed by atoms with Gasteiger partial charge in [-0.05, 0) is 30.3 Å². The van der Waals surface area contributed by atoms with Crippen molar-refractivity contribution in [2.45, 2.75) is 12.3 Å². The molecule has 0 saturated carbocycles. The number of sulfonamides is 1. The van der Waals surface area contributed by atoms with Gasteiger partial charge in [-0.1, -0.05) is 24.3 Å². The molecule has 1 aromatic heterocycles. The Bertz CT molecular complexity index is 780. The minimum atomic E-state index is -3.32. The highest BCUT2D eigenvalue weighted by Gasteiger charge is 2.11. The van der Waals surface area contributed by atoms with Crippen LogP contribution in [0.15, 0.2) is 42.6 Å². The molecule has 22 heavy (non-hydrogen) atoms. The van der Waals surface area contributed by atoms with Crippen LogP contribution >= 0.6 is 0 Å². The van der Waals surface area contributed by atoms with Gasteiger partial charge in [-0.2, -0.15) is 5.26 Å². The summed E-state index contributed by atoms with van der Waals surface area (Å²) >= 11 is 0. The van der Waals surface area contributed by atoms with Gasteiger partial charge in [0.15, 0.2) is 0 Å². The fourth-order valence-electron chi connectivity index (χ4n) is 1.90. The first kappa shape index (κ1) is 15.9. The van der Waals surface area contributed by atoms with Crippen LogP contribution in [0.2, 0.25) is 0 Å². The van der Waals surface area contributed by atoms with E-state index in [-0.39, 0.29) is 5.75 Å². The van der Waals surface area contributed by atoms with Gasteiger partial charge in [0.25, 0.3) is 0 Å². The molecule has 0 saturated heterocycles. The van der Waals surface area contributed by atoms with E-state index in [2.05, 4.69) is 15.0 Å². The summed E-state index contributed by atoms with van der Waals surface area (Å²) in [5.74, 6) is 0.563. The molecule has 0 aliphatic heterocycles. The van der Waals surface area contributed by atoms with Crippen molar-refractivity contribution in [2.24, 2.45) is 0 Å². The van der Waals surface area contributed by atoms with Gasteiger partial charge >= 0.3 is 0 Å². The number of hydrogen-bond donors (Lipinski definition) is 2. The first-order chi connectivity index (χ1) is 10.5. The third-order valence-electron chi connectivity index (χ3n) is 3.13. The normalized spacial score (nSPS) is 10.9. The van der Waals surface area contributed by atoms with Gasteiger partial charge in [0.2, 0.25) is 10.0 Å². The number of anilines is 1. The van der Waals surface area contributed by atoms with Crippen LogP contribution in [0.3, 0.4) is 0 Å². The molecule has 1 aromatic carbocycles. The lowest BCUT2D eigenvalue weighted by Gasteiger charge is -2.11. The lowest BCUT2D eigenvalue weighted by atomic mass is 10.1. The quantitative estimate of drug-likeness (QED) is 0.844. The first-order valence-corrected chi connectivity index (χ1v) is 8.27. The molecule has 2 N–H and O–H groups in total. The van der Waals surface area contributed by atoms with Crippen molar-refractivity contribution < 1.29 is 8.42 Å². The molecule has 0 bridgehead atoms. The van der Waals surface area contributed by atoms with Crippen LogP contribution in [0.5, 0.6) is 0 Å². The van der Waals surface area contributed by atoms with Gasteiger partial charge in [-0.3, -0.25) is 0 Å². The second kappa shape index (κ2) is 7.02. The van der Waals surface area contributed by atoms with Crippen molar-refractivity contribution in [3.63, 3.8) is 0 Å². The number of rotatable bonds is 6. The molecule has 0 fully saturated rings. The zero-order valence-electron chi connectivity index (χ0n) is 12.1. The number of pyridine rings is 1. The van der Waals surface area contributed by atoms with Crippen molar-refractivity contribution in [3.05, 3.63) is 59.3 Å². The monoisotopic (exact) mass is 316 g/mol. The molecule has 2 aromatic rings. The van der Waals surface area contributed by atoms with E-state index in [1.807, 2.05) is 24.3 Å². The molecular weight excluding hydrogens is 300 g/mol. The maximum absolute atomic E-state index is 11.7. The molecule has 0 amide bonds. The highest BCUT2D eigenvalue weighted by atomic mass is 32.2. The fourth-order valence-corrected chi connectivity index (χ4v) is 2.73. The van der Waals surface area contributed by atoms with Crippen molar-refractivity contribution in [3.8, 4) is 6.07 Å². The van der Waals surface area contributed by atoms with Crippen LogP contribution in [-0.4, -0.2) is 20.4 Å². The van der Waals surface area contributed by atoms with Crippen molar-refractivity contribution in [1.82, 2.24) is 9.71 Å². The predicted octanol–water partition coefficient (Wildman–Crippen LogP) is 1.61. The Hall–Kier alpha value is -2.43. The second-order valence-electron chi connectivity index (χ2n) is 4.63. The smallest absolute Gasteiger partial charge is 0.215 e. The number of nitrogens with zero attached hydrogens (tertiary/aromatic N) is 2. The summed E-state index contributed by atoms with van der Waals surface area (Å²) in [4.78, 5) is 4.12. The Balaban J connectivity index is 2.11. The Morgan fingerprint density at radius 3 is 2.50 bits per heavy atom. The predicted molar refractivity (Wildman–Crippen MR) is 84.4 cm³/mol. The third kappa shape index (κ3) is 4.28. The lowest BCUT2D eigenvalue weighted by Crippen LogP contribution is -2.21. The van der Waals surface area contributed by atoms with Crippen LogP contribution < -0.4 is 10.0 Å². The van der Waals surface area contributed by atoms with Gasteiger partial charge < -0.3 is 5.32 Å². The summed E-state index contributed by atoms with van der Waals surface area (Å²) in [6.45, 7) is 0.453. The molecule has 0 atom stereocenters. The topological polar surface area (TPSA) is 94.9 Å². The third-order valence-corrected chi connectivity index (χ3v) is 4.44. The zero-order valence-corrected chi connectivity index (χ0v) is 12.9. The minimum absolute atomic E-state index is 0.0673. The minimum Gasteiger partial charge on any atom is -0.366 e. The molecular formula is C15H16N4O2S. The number of nitriles is 1. The molecule has 7 heteroatoms. The lowest BCUT2D eigenvalue weighted by molar-refractivity contribution is 0.587. The second-order valence-corrected chi connectivity index (χ2v) is 6.56. The van der Waals surface area contributed by atoms with Gasteiger partial charge in [0.1, 0.15) is 11.9 Å². The average Bonchev–Trinajstić information content (AvgIpc) is 2.54. The summed E-state index contributed by atoms with van der Waals surface area (Å²) in [6.07, 6.45) is 1.49. The Morgan fingerprint density at radius 2 is 1.91 bits per heavy atom. The fraction of sp³-hybridized carbons (Fsp3) is 0.200. The van der Waals surface area contributed by atoms with Crippen LogP contribution in [0.25, 0.3) is 0 Å². The van der Waals surface area contributed by atoms with Crippen molar-refractivity contribution in [1.29, 1.82) is 5.26 Å². The average molecular weight is 316 g/mol. The molecule has 6 nitrogen and oxygen atoms in total. The molecule has 0 radical (unpaired) electrons. The summed E-state index contributed by atoms with van der Waals surface area (Å²) in [5, 5.41) is 11.9. The summed E-state index contributed by atoms with van der Waals surface area (Å²) in [6, 6.07) is 12.7. The highest BCUT2D eigenvalue weighted by Crippen LogP contribution is 2.14. The summed E-state index contributed by atoms with van der Waals surface area (Å²) in [5.41, 5.74) is 2.11. The molecule has 0 aliphatic rings. The molecule has 114 valence electrons. The summed E-state index contributed by atoms with van der Waals surface area (Å²) < 4.78 is 25.7. The van der Waals surface area contributed by atoms with Gasteiger partial charge in [0, 0.05) is 12.7 Å². The number of benzene rings is 1. The van der Waals surface area contributed by atoms with Crippen LogP contribution in [0.4, 0.5) is 5.82 Å². The van der Waals surface area contributed by atoms with E-state index in [0.29, 0.717) is 17.9 Å². The zero-order chi connectivity index (χ0) is 16.0. The standard InChI is InChI=1S/C15H16N4O2S/c1-17-22(20,21)11-14-5-3-2-4-13(14)10-19-15-7-6-12(8-16)9-18-15/h2-7,9,17H,10-11H2,1H3,(H,18,19). The number of nitrogens with one attached hydrogen (secondary N) is 2. The van der Waals surface area contributed by atoms with Gasteiger partial charge in [0.05, 0.1) is 11.3 Å². The van der Waals surface area contributed by atoms with E-state index in [1.54, 1.807) is 18.2 Å². The highest BCUT2D eigenvalue weighted by molar-refractivity contribution is 7.88. The molecule has 1 heterocycles. The molecule has 0 spiro atoms. The Kier molecular flexibility index (Phi) is 5.09. The van der Waals surface area contributed by atoms with Gasteiger partial charge in [-0.15, -0.1) is 0 Å². The van der Waals surface area contributed by atoms with E-state index >= 15 is 0 Å². The van der Waals surface area contributed by atoms with Crippen molar-refractivity contribution >= 4 is 15.8 Å². The van der Waals surface area contributed by atoms with Crippen molar-refractivity contribution in [2.75, 3.05) is 12.4 Å². The van der Waals surface area contributed by atoms with E-state index in [4.69, 9.17) is 5.26 Å². The maximum Gasteiger partial charge on any atom is 0.215 e. The Labute approximate surface area is 129 Å². The van der Waals surface area contributed by atoms with E-state index < -0.39 is 10.0 Å². The van der Waals surface area contributed by atoms with Crippen LogP contribution in [0.1, 0.15) is 16.7 Å². The molecule has 0 aliphatic carbocycles. The SMILES string of the molecule is CNS(=O)(=O)Cc1ccccc1CNc1ccc(C#N)cn1. The number of aromatic nitrogens is 1. The molecule has 2 rings (SSSR count). The van der Waals surface area contributed by atoms with Crippen LogP contribution in [0, 0.1) is 11.3 Å². The molecule has 0 unspecified atom stereocenters.